The first-order valence-electron chi connectivity index (χ1n) is 5.38. The Bertz CT molecular complexity index is 521. The van der Waals surface area contributed by atoms with Crippen LogP contribution in [0.25, 0.3) is 0 Å². The Balaban J connectivity index is 2.09. The van der Waals surface area contributed by atoms with E-state index in [-0.39, 0.29) is 11.7 Å². The zero-order chi connectivity index (χ0) is 14.3. The van der Waals surface area contributed by atoms with Gasteiger partial charge in [-0.05, 0) is 12.8 Å². The van der Waals surface area contributed by atoms with E-state index in [2.05, 4.69) is 14.7 Å². The maximum absolute atomic E-state index is 12.6. The molecule has 0 bridgehead atoms. The molecule has 2 rings (SSSR count). The third kappa shape index (κ3) is 3.21. The zero-order valence-corrected chi connectivity index (χ0v) is 9.43. The number of aromatic amines is 1. The predicted octanol–water partition coefficient (Wildman–Crippen LogP) is 2.22. The Labute approximate surface area is 103 Å². The van der Waals surface area contributed by atoms with Crippen molar-refractivity contribution in [2.45, 2.75) is 30.9 Å². The van der Waals surface area contributed by atoms with Gasteiger partial charge in [0.25, 0.3) is 5.56 Å². The molecule has 1 aromatic heterocycles. The van der Waals surface area contributed by atoms with E-state index in [4.69, 9.17) is 0 Å². The summed E-state index contributed by atoms with van der Waals surface area (Å²) in [6.07, 6.45) is -4.14. The van der Waals surface area contributed by atoms with Crippen LogP contribution in [0.3, 0.4) is 0 Å². The number of halogens is 5. The van der Waals surface area contributed by atoms with Crippen LogP contribution >= 0.6 is 0 Å². The molecule has 0 aromatic carbocycles. The Morgan fingerprint density at radius 3 is 2.47 bits per heavy atom. The van der Waals surface area contributed by atoms with Gasteiger partial charge in [-0.3, -0.25) is 4.79 Å². The van der Waals surface area contributed by atoms with Gasteiger partial charge < -0.3 is 9.72 Å². The number of hydrogen-bond donors (Lipinski definition) is 1. The van der Waals surface area contributed by atoms with Crippen LogP contribution in [0.4, 0.5) is 22.0 Å². The number of hydrogen-bond acceptors (Lipinski definition) is 3. The SMILES string of the molecule is O=c1cc(OCC(F)(F)C(F)(F)F)nc(C2CC2)[nH]1. The van der Waals surface area contributed by atoms with Crippen LogP contribution in [-0.2, 0) is 0 Å². The molecule has 0 unspecified atom stereocenters. The summed E-state index contributed by atoms with van der Waals surface area (Å²) in [6, 6.07) is 0.734. The smallest absolute Gasteiger partial charge is 0.456 e. The van der Waals surface area contributed by atoms with Gasteiger partial charge in [0.1, 0.15) is 5.82 Å². The van der Waals surface area contributed by atoms with Crippen LogP contribution in [0.5, 0.6) is 5.88 Å². The van der Waals surface area contributed by atoms with Crippen LogP contribution in [0.1, 0.15) is 24.6 Å². The molecule has 0 saturated heterocycles. The molecule has 9 heteroatoms. The van der Waals surface area contributed by atoms with Gasteiger partial charge >= 0.3 is 12.1 Å². The van der Waals surface area contributed by atoms with Crippen LogP contribution in [0, 0.1) is 0 Å². The molecule has 0 atom stereocenters. The van der Waals surface area contributed by atoms with Crippen molar-refractivity contribution in [2.24, 2.45) is 0 Å². The number of rotatable bonds is 4. The first kappa shape index (κ1) is 13.8. The molecule has 0 amide bonds. The second kappa shape index (κ2) is 4.46. The number of aromatic nitrogens is 2. The Morgan fingerprint density at radius 1 is 1.32 bits per heavy atom. The molecule has 1 aliphatic carbocycles. The molecule has 1 aliphatic rings. The lowest BCUT2D eigenvalue weighted by Crippen LogP contribution is -2.42. The largest absolute Gasteiger partial charge is 0.471 e. The number of alkyl halides is 5. The van der Waals surface area contributed by atoms with E-state index in [9.17, 15) is 26.7 Å². The fourth-order valence-electron chi connectivity index (χ4n) is 1.32. The summed E-state index contributed by atoms with van der Waals surface area (Å²) in [4.78, 5) is 17.3. The summed E-state index contributed by atoms with van der Waals surface area (Å²) in [5, 5.41) is 0. The van der Waals surface area contributed by atoms with Gasteiger partial charge in [0.05, 0.1) is 6.07 Å². The topological polar surface area (TPSA) is 55.0 Å². The highest BCUT2D eigenvalue weighted by Crippen LogP contribution is 2.38. The molecule has 106 valence electrons. The van der Waals surface area contributed by atoms with Crippen molar-refractivity contribution in [1.29, 1.82) is 0 Å². The summed E-state index contributed by atoms with van der Waals surface area (Å²) < 4.78 is 65.3. The van der Waals surface area contributed by atoms with E-state index in [1.165, 1.54) is 0 Å². The van der Waals surface area contributed by atoms with Crippen LogP contribution in [0.2, 0.25) is 0 Å². The first-order chi connectivity index (χ1) is 8.69. The monoisotopic (exact) mass is 284 g/mol. The fourth-order valence-corrected chi connectivity index (χ4v) is 1.32. The number of H-pyrrole nitrogens is 1. The normalized spacial score (nSPS) is 16.5. The molecule has 1 saturated carbocycles. The Morgan fingerprint density at radius 2 is 1.95 bits per heavy atom. The van der Waals surface area contributed by atoms with Gasteiger partial charge in [0.15, 0.2) is 6.61 Å². The average Bonchev–Trinajstić information content (AvgIpc) is 3.08. The first-order valence-corrected chi connectivity index (χ1v) is 5.38. The van der Waals surface area contributed by atoms with Crippen molar-refractivity contribution >= 4 is 0 Å². The van der Waals surface area contributed by atoms with E-state index in [0.29, 0.717) is 0 Å². The maximum Gasteiger partial charge on any atom is 0.456 e. The van der Waals surface area contributed by atoms with Crippen LogP contribution in [0.15, 0.2) is 10.9 Å². The molecule has 0 radical (unpaired) electrons. The third-order valence-corrected chi connectivity index (χ3v) is 2.52. The number of ether oxygens (including phenoxy) is 1. The Kier molecular flexibility index (Phi) is 3.23. The van der Waals surface area contributed by atoms with E-state index >= 15 is 0 Å². The van der Waals surface area contributed by atoms with Crippen molar-refractivity contribution in [1.82, 2.24) is 9.97 Å². The van der Waals surface area contributed by atoms with Gasteiger partial charge in [0.2, 0.25) is 5.88 Å². The molecule has 0 spiro atoms. The van der Waals surface area contributed by atoms with Crippen molar-refractivity contribution in [3.05, 3.63) is 22.2 Å². The fraction of sp³-hybridized carbons (Fsp3) is 0.600. The lowest BCUT2D eigenvalue weighted by atomic mass is 10.3. The molecule has 1 heterocycles. The van der Waals surface area contributed by atoms with Gasteiger partial charge in [-0.15, -0.1) is 0 Å². The lowest BCUT2D eigenvalue weighted by Gasteiger charge is -2.19. The highest BCUT2D eigenvalue weighted by Gasteiger charge is 2.58. The lowest BCUT2D eigenvalue weighted by molar-refractivity contribution is -0.290. The minimum atomic E-state index is -5.70. The Hall–Kier alpha value is -1.67. The minimum absolute atomic E-state index is 0.0133. The van der Waals surface area contributed by atoms with Crippen LogP contribution in [-0.4, -0.2) is 28.7 Å². The van der Waals surface area contributed by atoms with Crippen molar-refractivity contribution < 1.29 is 26.7 Å². The quantitative estimate of drug-likeness (QED) is 0.863. The van der Waals surface area contributed by atoms with E-state index < -0.39 is 30.1 Å². The van der Waals surface area contributed by atoms with Crippen LogP contribution < -0.4 is 10.3 Å². The van der Waals surface area contributed by atoms with E-state index in [1.807, 2.05) is 0 Å². The second-order valence-corrected chi connectivity index (χ2v) is 4.23. The van der Waals surface area contributed by atoms with Crippen molar-refractivity contribution in [3.63, 3.8) is 0 Å². The van der Waals surface area contributed by atoms with Crippen molar-refractivity contribution in [2.75, 3.05) is 6.61 Å². The average molecular weight is 284 g/mol. The van der Waals surface area contributed by atoms with Crippen molar-refractivity contribution in [3.8, 4) is 5.88 Å². The zero-order valence-electron chi connectivity index (χ0n) is 9.43. The summed E-state index contributed by atoms with van der Waals surface area (Å²) >= 11 is 0. The minimum Gasteiger partial charge on any atom is -0.471 e. The number of nitrogens with zero attached hydrogens (tertiary/aromatic N) is 1. The number of nitrogens with one attached hydrogen (secondary N) is 1. The molecule has 1 N–H and O–H groups in total. The molecular weight excluding hydrogens is 275 g/mol. The molecular formula is C10H9F5N2O2. The summed E-state index contributed by atoms with van der Waals surface area (Å²) in [6.45, 7) is -1.91. The standard InChI is InChI=1S/C10H9F5N2O2/c11-9(12,10(13,14)15)4-19-7-3-6(18)16-8(17-7)5-1-2-5/h3,5H,1-2,4H2,(H,16,17,18). The van der Waals surface area contributed by atoms with E-state index in [0.717, 1.165) is 18.9 Å². The van der Waals surface area contributed by atoms with Gasteiger partial charge in [-0.1, -0.05) is 0 Å². The second-order valence-electron chi connectivity index (χ2n) is 4.23. The summed E-state index contributed by atoms with van der Waals surface area (Å²) in [5.41, 5.74) is -0.651. The van der Waals surface area contributed by atoms with E-state index in [1.54, 1.807) is 0 Å². The third-order valence-electron chi connectivity index (χ3n) is 2.52. The maximum atomic E-state index is 12.6. The highest BCUT2D eigenvalue weighted by molar-refractivity contribution is 5.14. The molecule has 0 aliphatic heterocycles. The van der Waals surface area contributed by atoms with Gasteiger partial charge in [0, 0.05) is 5.92 Å². The van der Waals surface area contributed by atoms with Gasteiger partial charge in [-0.25, -0.2) is 0 Å². The molecule has 19 heavy (non-hydrogen) atoms. The highest BCUT2D eigenvalue weighted by atomic mass is 19.4. The molecule has 1 fully saturated rings. The summed E-state index contributed by atoms with van der Waals surface area (Å²) in [5.74, 6) is -5.26. The summed E-state index contributed by atoms with van der Waals surface area (Å²) in [7, 11) is 0. The molecule has 1 aromatic rings. The predicted molar refractivity (Wildman–Crippen MR) is 53.3 cm³/mol. The van der Waals surface area contributed by atoms with Gasteiger partial charge in [-0.2, -0.15) is 26.9 Å². The molecule has 4 nitrogen and oxygen atoms in total.